The van der Waals surface area contributed by atoms with Crippen LogP contribution in [0.3, 0.4) is 0 Å². The molecule has 0 fully saturated rings. The quantitative estimate of drug-likeness (QED) is 0.825. The van der Waals surface area contributed by atoms with Gasteiger partial charge in [-0.25, -0.2) is 18.1 Å². The molecule has 0 aliphatic carbocycles. The normalized spacial score (nSPS) is 12.3. The summed E-state index contributed by atoms with van der Waals surface area (Å²) in [6, 6.07) is 0. The summed E-state index contributed by atoms with van der Waals surface area (Å²) in [5.41, 5.74) is 0. The Morgan fingerprint density at radius 1 is 1.33 bits per heavy atom. The molecule has 1 aromatic heterocycles. The van der Waals surface area contributed by atoms with Crippen LogP contribution in [0.1, 0.15) is 39.4 Å². The molecule has 1 rings (SSSR count). The standard InChI is InChI=1S/C12H23N3O2S/c1-5-11(6-2)8-13-18(16,17)12-9-15(7-3)10(4)14-12/h9,11,13H,5-8H2,1-4H3. The molecule has 104 valence electrons. The Morgan fingerprint density at radius 2 is 1.94 bits per heavy atom. The topological polar surface area (TPSA) is 64.0 Å². The van der Waals surface area contributed by atoms with Crippen molar-refractivity contribution in [3.8, 4) is 0 Å². The lowest BCUT2D eigenvalue weighted by molar-refractivity contribution is 0.478. The number of nitrogens with zero attached hydrogens (tertiary/aromatic N) is 2. The molecule has 0 aliphatic heterocycles. The fourth-order valence-electron chi connectivity index (χ4n) is 1.81. The van der Waals surface area contributed by atoms with E-state index in [1.54, 1.807) is 6.20 Å². The zero-order valence-electron chi connectivity index (χ0n) is 11.6. The van der Waals surface area contributed by atoms with E-state index in [2.05, 4.69) is 23.6 Å². The fourth-order valence-corrected chi connectivity index (χ4v) is 2.93. The van der Waals surface area contributed by atoms with Crippen LogP contribution < -0.4 is 4.72 Å². The van der Waals surface area contributed by atoms with E-state index >= 15 is 0 Å². The van der Waals surface area contributed by atoms with Crippen LogP contribution in [0.4, 0.5) is 0 Å². The van der Waals surface area contributed by atoms with Crippen LogP contribution in [0.5, 0.6) is 0 Å². The number of hydrogen-bond acceptors (Lipinski definition) is 3. The Balaban J connectivity index is 2.79. The molecule has 0 radical (unpaired) electrons. The second kappa shape index (κ2) is 6.33. The Kier molecular flexibility index (Phi) is 5.34. The number of aromatic nitrogens is 2. The third-order valence-corrected chi connectivity index (χ3v) is 4.58. The Morgan fingerprint density at radius 3 is 2.39 bits per heavy atom. The van der Waals surface area contributed by atoms with Gasteiger partial charge in [0.2, 0.25) is 0 Å². The lowest BCUT2D eigenvalue weighted by Gasteiger charge is -2.12. The molecule has 0 spiro atoms. The van der Waals surface area contributed by atoms with Crippen LogP contribution in [0.15, 0.2) is 11.2 Å². The van der Waals surface area contributed by atoms with Gasteiger partial charge in [0.15, 0.2) is 5.03 Å². The highest BCUT2D eigenvalue weighted by Gasteiger charge is 2.19. The highest BCUT2D eigenvalue weighted by atomic mass is 32.2. The highest BCUT2D eigenvalue weighted by Crippen LogP contribution is 2.11. The first-order valence-corrected chi connectivity index (χ1v) is 7.96. The van der Waals surface area contributed by atoms with E-state index in [9.17, 15) is 8.42 Å². The molecule has 0 amide bonds. The largest absolute Gasteiger partial charge is 0.334 e. The Hall–Kier alpha value is -0.880. The number of aryl methyl sites for hydroxylation is 2. The maximum absolute atomic E-state index is 12.1. The number of sulfonamides is 1. The zero-order valence-corrected chi connectivity index (χ0v) is 12.4. The molecule has 0 aromatic carbocycles. The minimum Gasteiger partial charge on any atom is -0.334 e. The summed E-state index contributed by atoms with van der Waals surface area (Å²) < 4.78 is 28.6. The highest BCUT2D eigenvalue weighted by molar-refractivity contribution is 7.89. The maximum Gasteiger partial charge on any atom is 0.259 e. The molecule has 0 bridgehead atoms. The second-order valence-electron chi connectivity index (χ2n) is 4.45. The van der Waals surface area contributed by atoms with Gasteiger partial charge in [-0.15, -0.1) is 0 Å². The van der Waals surface area contributed by atoms with Crippen molar-refractivity contribution >= 4 is 10.0 Å². The van der Waals surface area contributed by atoms with Gasteiger partial charge in [-0.1, -0.05) is 26.7 Å². The van der Waals surface area contributed by atoms with Gasteiger partial charge in [0.05, 0.1) is 0 Å². The summed E-state index contributed by atoms with van der Waals surface area (Å²) in [4.78, 5) is 4.10. The molecule has 5 nitrogen and oxygen atoms in total. The fraction of sp³-hybridized carbons (Fsp3) is 0.750. The van der Waals surface area contributed by atoms with Crippen molar-refractivity contribution in [3.05, 3.63) is 12.0 Å². The smallest absolute Gasteiger partial charge is 0.259 e. The predicted molar refractivity (Wildman–Crippen MR) is 71.9 cm³/mol. The molecule has 1 heterocycles. The number of hydrogen-bond donors (Lipinski definition) is 1. The number of rotatable bonds is 7. The molecule has 1 N–H and O–H groups in total. The van der Waals surface area contributed by atoms with Gasteiger partial charge < -0.3 is 4.57 Å². The summed E-state index contributed by atoms with van der Waals surface area (Å²) in [5, 5.41) is 0.118. The Labute approximate surface area is 110 Å². The van der Waals surface area contributed by atoms with E-state index < -0.39 is 10.0 Å². The summed E-state index contributed by atoms with van der Waals surface area (Å²) >= 11 is 0. The summed E-state index contributed by atoms with van der Waals surface area (Å²) in [6.45, 7) is 9.11. The summed E-state index contributed by atoms with van der Waals surface area (Å²) in [6.07, 6.45) is 3.54. The third-order valence-electron chi connectivity index (χ3n) is 3.29. The van der Waals surface area contributed by atoms with Gasteiger partial charge >= 0.3 is 0 Å². The second-order valence-corrected chi connectivity index (χ2v) is 6.16. The van der Waals surface area contributed by atoms with Crippen LogP contribution in [-0.4, -0.2) is 24.5 Å². The predicted octanol–water partition coefficient (Wildman–Crippen LogP) is 1.93. The van der Waals surface area contributed by atoms with Crippen LogP contribution >= 0.6 is 0 Å². The van der Waals surface area contributed by atoms with Crippen molar-refractivity contribution in [2.24, 2.45) is 5.92 Å². The molecular formula is C12H23N3O2S. The molecular weight excluding hydrogens is 250 g/mol. The first kappa shape index (κ1) is 15.2. The van der Waals surface area contributed by atoms with Gasteiger partial charge in [-0.2, -0.15) is 0 Å². The lowest BCUT2D eigenvalue weighted by atomic mass is 10.0. The number of imidazole rings is 1. The molecule has 1 aromatic rings. The first-order chi connectivity index (χ1) is 8.44. The molecule has 0 saturated heterocycles. The SMILES string of the molecule is CCC(CC)CNS(=O)(=O)c1cn(CC)c(C)n1. The molecule has 0 aliphatic rings. The van der Waals surface area contributed by atoms with Crippen molar-refractivity contribution in [1.29, 1.82) is 0 Å². The van der Waals surface area contributed by atoms with Crippen molar-refractivity contribution in [1.82, 2.24) is 14.3 Å². The first-order valence-electron chi connectivity index (χ1n) is 6.48. The van der Waals surface area contributed by atoms with E-state index in [0.29, 0.717) is 12.5 Å². The molecule has 0 atom stereocenters. The van der Waals surface area contributed by atoms with E-state index in [-0.39, 0.29) is 5.03 Å². The van der Waals surface area contributed by atoms with E-state index in [1.165, 1.54) is 0 Å². The van der Waals surface area contributed by atoms with E-state index in [1.807, 2.05) is 18.4 Å². The average molecular weight is 273 g/mol. The van der Waals surface area contributed by atoms with Gasteiger partial charge in [0.25, 0.3) is 10.0 Å². The molecule has 0 unspecified atom stereocenters. The van der Waals surface area contributed by atoms with Gasteiger partial charge in [-0.05, 0) is 19.8 Å². The molecule has 6 heteroatoms. The minimum atomic E-state index is -3.47. The van der Waals surface area contributed by atoms with Gasteiger partial charge in [-0.3, -0.25) is 0 Å². The minimum absolute atomic E-state index is 0.118. The van der Waals surface area contributed by atoms with Crippen molar-refractivity contribution in [2.75, 3.05) is 6.54 Å². The molecule has 18 heavy (non-hydrogen) atoms. The Bertz CT molecular complexity index is 476. The van der Waals surface area contributed by atoms with Gasteiger partial charge in [0, 0.05) is 19.3 Å². The van der Waals surface area contributed by atoms with Crippen molar-refractivity contribution in [3.63, 3.8) is 0 Å². The van der Waals surface area contributed by atoms with Crippen LogP contribution in [0.2, 0.25) is 0 Å². The number of nitrogens with one attached hydrogen (secondary N) is 1. The third kappa shape index (κ3) is 3.55. The van der Waals surface area contributed by atoms with E-state index in [0.717, 1.165) is 25.2 Å². The van der Waals surface area contributed by atoms with Crippen molar-refractivity contribution in [2.45, 2.75) is 52.1 Å². The summed E-state index contributed by atoms with van der Waals surface area (Å²) in [7, 11) is -3.47. The van der Waals surface area contributed by atoms with E-state index in [4.69, 9.17) is 0 Å². The van der Waals surface area contributed by atoms with Crippen LogP contribution in [-0.2, 0) is 16.6 Å². The zero-order chi connectivity index (χ0) is 13.8. The molecule has 0 saturated carbocycles. The van der Waals surface area contributed by atoms with Crippen LogP contribution in [0.25, 0.3) is 0 Å². The van der Waals surface area contributed by atoms with Crippen molar-refractivity contribution < 1.29 is 8.42 Å². The lowest BCUT2D eigenvalue weighted by Crippen LogP contribution is -2.29. The van der Waals surface area contributed by atoms with Crippen LogP contribution in [0, 0.1) is 12.8 Å². The average Bonchev–Trinajstić information content (AvgIpc) is 2.72. The monoisotopic (exact) mass is 273 g/mol. The summed E-state index contributed by atoms with van der Waals surface area (Å²) in [5.74, 6) is 1.11. The van der Waals surface area contributed by atoms with Gasteiger partial charge in [0.1, 0.15) is 5.82 Å². The maximum atomic E-state index is 12.1.